The molecule has 2 aromatic carbocycles. The first-order valence-electron chi connectivity index (χ1n) is 9.30. The number of carbonyl (C=O) groups is 2. The van der Waals surface area contributed by atoms with Gasteiger partial charge >= 0.3 is 29.6 Å². The number of aliphatic imine (C=N–C) groups is 1. The number of rotatable bonds is 5. The number of hydrogen-bond acceptors (Lipinski definition) is 5. The number of carboxylic acids is 1. The van der Waals surface area contributed by atoms with Crippen molar-refractivity contribution in [2.24, 2.45) is 4.99 Å². The van der Waals surface area contributed by atoms with E-state index in [0.717, 1.165) is 16.8 Å². The van der Waals surface area contributed by atoms with Gasteiger partial charge in [0.2, 0.25) is 0 Å². The molecule has 0 radical (unpaired) electrons. The summed E-state index contributed by atoms with van der Waals surface area (Å²) in [4.78, 5) is 28.0. The van der Waals surface area contributed by atoms with Crippen LogP contribution < -0.4 is 40.0 Å². The van der Waals surface area contributed by atoms with Gasteiger partial charge in [0, 0.05) is 30.5 Å². The molecule has 150 valence electrons. The van der Waals surface area contributed by atoms with Crippen molar-refractivity contribution in [1.29, 1.82) is 0 Å². The van der Waals surface area contributed by atoms with E-state index in [9.17, 15) is 14.7 Å². The molecule has 4 rings (SSSR count). The van der Waals surface area contributed by atoms with Crippen molar-refractivity contribution in [3.05, 3.63) is 88.6 Å². The standard InChI is InChI=1S/C23H19N3O3S.Na/c1-15-4-5-17(12-19(15)26-10-2-3-11-26)13-20-22(29)25-23(30-20)24-18-8-6-16(7-9-18)14-21(27)28;/h2-13H,14H2,1H3,(H,27,28)(H,24,25,29);/q;+1/p-1. The Kier molecular flexibility index (Phi) is 7.56. The zero-order valence-electron chi connectivity index (χ0n) is 17.2. The van der Waals surface area contributed by atoms with E-state index in [2.05, 4.69) is 10.3 Å². The van der Waals surface area contributed by atoms with Crippen LogP contribution in [0.15, 0.2) is 76.9 Å². The fourth-order valence-corrected chi connectivity index (χ4v) is 3.94. The molecule has 6 nitrogen and oxygen atoms in total. The van der Waals surface area contributed by atoms with Crippen LogP contribution in [0.1, 0.15) is 16.7 Å². The maximum absolute atomic E-state index is 12.4. The Morgan fingerprint density at radius 1 is 1.16 bits per heavy atom. The SMILES string of the molecule is Cc1ccc(C=C2SC(=Nc3ccc(CC(=O)[O-])cc3)NC2=O)cc1-n1cccc1.[Na+]. The number of carboxylic acid groups (broad SMARTS) is 1. The minimum atomic E-state index is -1.13. The smallest absolute Gasteiger partial charge is 0.550 e. The summed E-state index contributed by atoms with van der Waals surface area (Å²) < 4.78 is 2.04. The van der Waals surface area contributed by atoms with Crippen molar-refractivity contribution in [1.82, 2.24) is 9.88 Å². The quantitative estimate of drug-likeness (QED) is 0.447. The van der Waals surface area contributed by atoms with E-state index in [1.807, 2.05) is 60.3 Å². The molecule has 0 saturated carbocycles. The van der Waals surface area contributed by atoms with Crippen LogP contribution in [0.4, 0.5) is 5.69 Å². The van der Waals surface area contributed by atoms with Gasteiger partial charge in [-0.15, -0.1) is 0 Å². The van der Waals surface area contributed by atoms with Crippen LogP contribution in [-0.2, 0) is 16.0 Å². The van der Waals surface area contributed by atoms with Gasteiger partial charge in [0.05, 0.1) is 10.6 Å². The number of amides is 1. The Balaban J connectivity index is 0.00000272. The molecule has 1 N–H and O–H groups in total. The zero-order valence-corrected chi connectivity index (χ0v) is 20.0. The van der Waals surface area contributed by atoms with E-state index in [-0.39, 0.29) is 41.9 Å². The summed E-state index contributed by atoms with van der Waals surface area (Å²) in [5.74, 6) is -1.33. The van der Waals surface area contributed by atoms with Crippen LogP contribution in [0.5, 0.6) is 0 Å². The molecule has 1 amide bonds. The van der Waals surface area contributed by atoms with Gasteiger partial charge in [-0.2, -0.15) is 0 Å². The third kappa shape index (κ3) is 5.77. The molecule has 1 aliphatic heterocycles. The Bertz CT molecular complexity index is 1170. The number of benzene rings is 2. The summed E-state index contributed by atoms with van der Waals surface area (Å²) in [6.07, 6.45) is 5.67. The van der Waals surface area contributed by atoms with Gasteiger partial charge < -0.3 is 19.8 Å². The number of aryl methyl sites for hydroxylation is 1. The first-order chi connectivity index (χ1) is 14.5. The normalized spacial score (nSPS) is 15.7. The molecule has 0 spiro atoms. The second kappa shape index (κ2) is 10.2. The van der Waals surface area contributed by atoms with Crippen LogP contribution in [0.25, 0.3) is 11.8 Å². The molecular formula is C23H18N3NaO3S. The Hall–Kier alpha value is -2.58. The molecule has 8 heteroatoms. The van der Waals surface area contributed by atoms with Crippen molar-refractivity contribution < 1.29 is 44.3 Å². The van der Waals surface area contributed by atoms with E-state index in [0.29, 0.717) is 21.3 Å². The third-order valence-electron chi connectivity index (χ3n) is 4.58. The average molecular weight is 439 g/mol. The number of carbonyl (C=O) groups excluding carboxylic acids is 2. The second-order valence-corrected chi connectivity index (χ2v) is 7.86. The number of aromatic nitrogens is 1. The average Bonchev–Trinajstić information content (AvgIpc) is 3.35. The molecule has 31 heavy (non-hydrogen) atoms. The van der Waals surface area contributed by atoms with Gasteiger partial charge in [0.15, 0.2) is 5.17 Å². The first kappa shape index (κ1) is 23.1. The molecule has 2 heterocycles. The Morgan fingerprint density at radius 2 is 1.87 bits per heavy atom. The summed E-state index contributed by atoms with van der Waals surface area (Å²) in [6, 6.07) is 16.8. The van der Waals surface area contributed by atoms with E-state index in [1.165, 1.54) is 11.8 Å². The largest absolute Gasteiger partial charge is 1.00 e. The Labute approximate surface area is 206 Å². The second-order valence-electron chi connectivity index (χ2n) is 6.83. The Morgan fingerprint density at radius 3 is 2.55 bits per heavy atom. The van der Waals surface area contributed by atoms with Crippen LogP contribution in [0, 0.1) is 6.92 Å². The van der Waals surface area contributed by atoms with Crippen molar-refractivity contribution in [3.63, 3.8) is 0 Å². The monoisotopic (exact) mass is 439 g/mol. The molecular weight excluding hydrogens is 421 g/mol. The van der Waals surface area contributed by atoms with E-state index in [1.54, 1.807) is 24.3 Å². The fraction of sp³-hybridized carbons (Fsp3) is 0.0870. The van der Waals surface area contributed by atoms with Crippen LogP contribution in [0.2, 0.25) is 0 Å². The van der Waals surface area contributed by atoms with Gasteiger partial charge in [-0.25, -0.2) is 4.99 Å². The summed E-state index contributed by atoms with van der Waals surface area (Å²) in [7, 11) is 0. The predicted octanol–water partition coefficient (Wildman–Crippen LogP) is -0.0263. The minimum absolute atomic E-state index is 0. The van der Waals surface area contributed by atoms with E-state index in [4.69, 9.17) is 0 Å². The molecule has 0 unspecified atom stereocenters. The summed E-state index contributed by atoms with van der Waals surface area (Å²) >= 11 is 1.27. The summed E-state index contributed by atoms with van der Waals surface area (Å²) in [6.45, 7) is 2.05. The number of aliphatic carboxylic acids is 1. The third-order valence-corrected chi connectivity index (χ3v) is 5.49. The number of nitrogens with zero attached hydrogens (tertiary/aromatic N) is 2. The van der Waals surface area contributed by atoms with Crippen LogP contribution in [0.3, 0.4) is 0 Å². The summed E-state index contributed by atoms with van der Waals surface area (Å²) in [5, 5.41) is 13.9. The van der Waals surface area contributed by atoms with Crippen molar-refractivity contribution in [3.8, 4) is 5.69 Å². The molecule has 0 bridgehead atoms. The molecule has 0 aliphatic carbocycles. The fourth-order valence-electron chi connectivity index (χ4n) is 3.09. The summed E-state index contributed by atoms with van der Waals surface area (Å²) in [5.41, 5.74) is 4.39. The first-order valence-corrected chi connectivity index (χ1v) is 10.1. The van der Waals surface area contributed by atoms with Gasteiger partial charge in [-0.05, 0) is 71.8 Å². The van der Waals surface area contributed by atoms with Gasteiger partial charge in [0.1, 0.15) is 0 Å². The molecule has 0 atom stereocenters. The van der Waals surface area contributed by atoms with Crippen molar-refractivity contribution >= 4 is 40.6 Å². The molecule has 3 aromatic rings. The number of amidine groups is 1. The molecule has 1 fully saturated rings. The molecule has 1 aromatic heterocycles. The predicted molar refractivity (Wildman–Crippen MR) is 116 cm³/mol. The van der Waals surface area contributed by atoms with Crippen molar-refractivity contribution in [2.75, 3.05) is 0 Å². The van der Waals surface area contributed by atoms with Gasteiger partial charge in [0.25, 0.3) is 5.91 Å². The van der Waals surface area contributed by atoms with Gasteiger partial charge in [-0.3, -0.25) is 4.79 Å². The van der Waals surface area contributed by atoms with E-state index >= 15 is 0 Å². The van der Waals surface area contributed by atoms with Gasteiger partial charge in [-0.1, -0.05) is 24.3 Å². The van der Waals surface area contributed by atoms with Crippen LogP contribution in [-0.4, -0.2) is 21.6 Å². The maximum Gasteiger partial charge on any atom is 1.00 e. The minimum Gasteiger partial charge on any atom is -0.550 e. The van der Waals surface area contributed by atoms with Crippen molar-refractivity contribution in [2.45, 2.75) is 13.3 Å². The number of nitrogens with one attached hydrogen (secondary N) is 1. The maximum atomic E-state index is 12.4. The number of hydrogen-bond donors (Lipinski definition) is 1. The zero-order chi connectivity index (χ0) is 21.1. The van der Waals surface area contributed by atoms with Crippen LogP contribution >= 0.6 is 11.8 Å². The number of thioether (sulfide) groups is 1. The molecule has 1 aliphatic rings. The molecule has 1 saturated heterocycles. The van der Waals surface area contributed by atoms with E-state index < -0.39 is 5.97 Å². The topological polar surface area (TPSA) is 86.5 Å².